The fraction of sp³-hybridized carbons (Fsp3) is 0.692. The molecule has 0 radical (unpaired) electrons. The second-order valence-electron chi connectivity index (χ2n) is 12.1. The maximum Gasteiger partial charge on any atom is 0.217 e. The monoisotopic (exact) mass is 614 g/mol. The number of allylic oxidation sites excluding steroid dienone is 8. The van der Waals surface area contributed by atoms with Crippen molar-refractivity contribution >= 4 is 11.6 Å². The Bertz CT molecular complexity index is 837. The van der Waals surface area contributed by atoms with E-state index in [2.05, 4.69) is 19.9 Å². The molecule has 0 aromatic heterocycles. The Morgan fingerprint density at radius 2 is 0.886 bits per heavy atom. The zero-order valence-corrected chi connectivity index (χ0v) is 28.3. The molecular weight excluding hydrogens is 548 g/mol. The summed E-state index contributed by atoms with van der Waals surface area (Å²) in [5.41, 5.74) is -2.71. The molecule has 0 saturated carbocycles. The second-order valence-corrected chi connectivity index (χ2v) is 12.1. The van der Waals surface area contributed by atoms with Crippen LogP contribution in [0.1, 0.15) is 155 Å². The van der Waals surface area contributed by atoms with Crippen LogP contribution in [0.5, 0.6) is 0 Å². The molecule has 0 heterocycles. The summed E-state index contributed by atoms with van der Waals surface area (Å²) in [5.74, 6) is -1.88. The minimum atomic E-state index is -2.71. The van der Waals surface area contributed by atoms with Gasteiger partial charge in [-0.2, -0.15) is 0 Å². The lowest BCUT2D eigenvalue weighted by molar-refractivity contribution is -0.159. The molecule has 0 aliphatic carbocycles. The van der Waals surface area contributed by atoms with E-state index in [-0.39, 0.29) is 0 Å². The van der Waals surface area contributed by atoms with E-state index in [1.165, 1.54) is 115 Å². The summed E-state index contributed by atoms with van der Waals surface area (Å²) in [6, 6.07) is 0. The first-order valence-corrected chi connectivity index (χ1v) is 17.9. The molecule has 0 aliphatic rings. The molecule has 0 aliphatic heterocycles. The number of hydrogen-bond acceptors (Lipinski definition) is 5. The van der Waals surface area contributed by atoms with Crippen LogP contribution in [0.2, 0.25) is 0 Å². The van der Waals surface area contributed by atoms with Gasteiger partial charge in [0.15, 0.2) is 11.6 Å². The molecule has 3 N–H and O–H groups in total. The molecule has 44 heavy (non-hydrogen) atoms. The number of carbonyl (C=O) groups is 2. The third-order valence-electron chi connectivity index (χ3n) is 8.06. The van der Waals surface area contributed by atoms with Crippen LogP contribution in [0.4, 0.5) is 0 Å². The number of unbranched alkanes of at least 4 members (excludes halogenated alkanes) is 20. The predicted octanol–water partition coefficient (Wildman–Crippen LogP) is 9.61. The van der Waals surface area contributed by atoms with E-state index >= 15 is 0 Å². The van der Waals surface area contributed by atoms with E-state index in [9.17, 15) is 24.9 Å². The van der Waals surface area contributed by atoms with E-state index in [4.69, 9.17) is 0 Å². The molecule has 1 unspecified atom stereocenters. The maximum absolute atomic E-state index is 12.7. The van der Waals surface area contributed by atoms with E-state index in [0.717, 1.165) is 37.8 Å². The van der Waals surface area contributed by atoms with Crippen LogP contribution < -0.4 is 0 Å². The van der Waals surface area contributed by atoms with Gasteiger partial charge >= 0.3 is 0 Å². The summed E-state index contributed by atoms with van der Waals surface area (Å²) in [4.78, 5) is 25.4. The highest BCUT2D eigenvalue weighted by Gasteiger charge is 2.47. The molecule has 0 rings (SSSR count). The molecule has 0 fully saturated rings. The number of rotatable bonds is 31. The molecular formula is C39H66O5. The lowest BCUT2D eigenvalue weighted by Crippen LogP contribution is -2.56. The largest absolute Gasteiger partial charge is 0.394 e. The molecule has 252 valence electrons. The Hall–Kier alpha value is -2.08. The third-order valence-corrected chi connectivity index (χ3v) is 8.06. The number of aliphatic hydroxyl groups excluding tert-OH is 2. The predicted molar refractivity (Wildman–Crippen MR) is 187 cm³/mol. The fourth-order valence-corrected chi connectivity index (χ4v) is 5.10. The van der Waals surface area contributed by atoms with Crippen LogP contribution in [0.3, 0.4) is 0 Å². The van der Waals surface area contributed by atoms with Crippen molar-refractivity contribution in [3.8, 4) is 0 Å². The quantitative estimate of drug-likeness (QED) is 0.0313. The minimum Gasteiger partial charge on any atom is -0.394 e. The third kappa shape index (κ3) is 22.4. The van der Waals surface area contributed by atoms with Gasteiger partial charge in [-0.05, 0) is 37.8 Å². The van der Waals surface area contributed by atoms with Crippen molar-refractivity contribution in [2.24, 2.45) is 0 Å². The van der Waals surface area contributed by atoms with Gasteiger partial charge in [0.2, 0.25) is 5.60 Å². The average Bonchev–Trinajstić information content (AvgIpc) is 3.03. The number of aliphatic hydroxyl groups is 3. The van der Waals surface area contributed by atoms with Gasteiger partial charge in [-0.25, -0.2) is 0 Å². The van der Waals surface area contributed by atoms with Crippen LogP contribution in [0, 0.1) is 0 Å². The van der Waals surface area contributed by atoms with Crippen LogP contribution >= 0.6 is 0 Å². The standard InChI is InChI=1S/C39H66O5/c1-3-5-7-9-11-13-15-17-18-19-20-22-24-26-28-30-32-34-37(42)39(44,38(43)35-40)36(41)33-31-29-27-25-23-21-16-14-12-10-8-6-4-2/h20,22,24,26,28,30-34,38,40,43-44H,3-19,21,23,25,27,29,35H2,1-2H3/t38-,39?/m0/s1. The minimum absolute atomic E-state index is 0.654. The van der Waals surface area contributed by atoms with Crippen molar-refractivity contribution in [1.82, 2.24) is 0 Å². The fourth-order valence-electron chi connectivity index (χ4n) is 5.10. The number of ketones is 2. The molecule has 5 heteroatoms. The van der Waals surface area contributed by atoms with E-state index in [1.807, 2.05) is 18.2 Å². The van der Waals surface area contributed by atoms with Gasteiger partial charge in [-0.3, -0.25) is 9.59 Å². The van der Waals surface area contributed by atoms with Gasteiger partial charge < -0.3 is 15.3 Å². The first-order valence-electron chi connectivity index (χ1n) is 17.9. The highest BCUT2D eigenvalue weighted by molar-refractivity contribution is 6.18. The van der Waals surface area contributed by atoms with Crippen molar-refractivity contribution in [3.05, 3.63) is 60.8 Å². The van der Waals surface area contributed by atoms with E-state index < -0.39 is 29.9 Å². The van der Waals surface area contributed by atoms with Gasteiger partial charge in [0.05, 0.1) is 6.61 Å². The summed E-state index contributed by atoms with van der Waals surface area (Å²) in [6.45, 7) is 3.58. The Morgan fingerprint density at radius 3 is 1.34 bits per heavy atom. The molecule has 0 saturated heterocycles. The van der Waals surface area contributed by atoms with Crippen molar-refractivity contribution in [2.75, 3.05) is 6.61 Å². The van der Waals surface area contributed by atoms with Crippen molar-refractivity contribution in [3.63, 3.8) is 0 Å². The normalized spacial score (nSPS) is 14.6. The maximum atomic E-state index is 12.7. The molecule has 0 bridgehead atoms. The smallest absolute Gasteiger partial charge is 0.217 e. The van der Waals surface area contributed by atoms with Crippen LogP contribution in [0.25, 0.3) is 0 Å². The Kier molecular flexibility index (Phi) is 29.5. The molecule has 5 nitrogen and oxygen atoms in total. The van der Waals surface area contributed by atoms with E-state index in [0.29, 0.717) is 6.42 Å². The summed E-state index contributed by atoms with van der Waals surface area (Å²) in [6.07, 6.45) is 41.8. The second kappa shape index (κ2) is 30.9. The highest BCUT2D eigenvalue weighted by Crippen LogP contribution is 2.17. The van der Waals surface area contributed by atoms with Gasteiger partial charge in [-0.1, -0.05) is 178 Å². The highest BCUT2D eigenvalue weighted by atomic mass is 16.4. The van der Waals surface area contributed by atoms with E-state index in [1.54, 1.807) is 18.2 Å². The Balaban J connectivity index is 4.34. The molecule has 0 spiro atoms. The van der Waals surface area contributed by atoms with Crippen molar-refractivity contribution in [1.29, 1.82) is 0 Å². The molecule has 0 amide bonds. The SMILES string of the molecule is CCCCCCCCCCCC=CC=CC=CC=CC(=O)C(O)(C(=O)C=CCCCCCCCCCCCCC)[C@@H](O)CO. The summed E-state index contributed by atoms with van der Waals surface area (Å²) in [5, 5.41) is 30.3. The Morgan fingerprint density at radius 1 is 0.523 bits per heavy atom. The van der Waals surface area contributed by atoms with Gasteiger partial charge in [-0.15, -0.1) is 0 Å². The summed E-state index contributed by atoms with van der Waals surface area (Å²) < 4.78 is 0. The summed E-state index contributed by atoms with van der Waals surface area (Å²) in [7, 11) is 0. The van der Waals surface area contributed by atoms with Crippen LogP contribution in [0.15, 0.2) is 60.8 Å². The van der Waals surface area contributed by atoms with Gasteiger partial charge in [0, 0.05) is 0 Å². The summed E-state index contributed by atoms with van der Waals surface area (Å²) >= 11 is 0. The van der Waals surface area contributed by atoms with Crippen molar-refractivity contribution < 1.29 is 24.9 Å². The topological polar surface area (TPSA) is 94.8 Å². The van der Waals surface area contributed by atoms with Crippen molar-refractivity contribution in [2.45, 2.75) is 167 Å². The zero-order chi connectivity index (χ0) is 32.6. The van der Waals surface area contributed by atoms with Crippen LogP contribution in [-0.4, -0.2) is 45.2 Å². The van der Waals surface area contributed by atoms with Gasteiger partial charge in [0.1, 0.15) is 6.10 Å². The first kappa shape index (κ1) is 41.9. The lowest BCUT2D eigenvalue weighted by atomic mass is 9.86. The number of hydrogen-bond donors (Lipinski definition) is 3. The molecule has 2 atom stereocenters. The van der Waals surface area contributed by atoms with Crippen LogP contribution in [-0.2, 0) is 9.59 Å². The molecule has 0 aromatic rings. The lowest BCUT2D eigenvalue weighted by Gasteiger charge is -2.26. The van der Waals surface area contributed by atoms with Gasteiger partial charge in [0.25, 0.3) is 0 Å². The zero-order valence-electron chi connectivity index (χ0n) is 28.3. The number of carbonyl (C=O) groups excluding carboxylic acids is 2. The first-order chi connectivity index (χ1) is 21.4. The molecule has 0 aromatic carbocycles. The average molecular weight is 615 g/mol. The Labute approximate surface area is 270 Å².